The topological polar surface area (TPSA) is 53.6 Å². The minimum absolute atomic E-state index is 0.126. The zero-order chi connectivity index (χ0) is 17.9. The SMILES string of the molecule is O=C1Nc2ccc(Cl)cc2/C1=C/Nc1ccc(CN2CCOCC2)cc1. The molecule has 134 valence electrons. The fourth-order valence-electron chi connectivity index (χ4n) is 3.18. The molecule has 1 amide bonds. The van der Waals surface area contributed by atoms with Crippen LogP contribution < -0.4 is 10.6 Å². The van der Waals surface area contributed by atoms with Gasteiger partial charge in [0, 0.05) is 47.8 Å². The summed E-state index contributed by atoms with van der Waals surface area (Å²) in [6.45, 7) is 4.49. The molecule has 1 saturated heterocycles. The lowest BCUT2D eigenvalue weighted by Gasteiger charge is -2.26. The van der Waals surface area contributed by atoms with E-state index in [0.717, 1.165) is 49.8 Å². The van der Waals surface area contributed by atoms with Crippen LogP contribution in [0.2, 0.25) is 5.02 Å². The molecule has 0 aliphatic carbocycles. The van der Waals surface area contributed by atoms with Crippen molar-refractivity contribution >= 4 is 34.5 Å². The van der Waals surface area contributed by atoms with Crippen molar-refractivity contribution in [3.63, 3.8) is 0 Å². The molecule has 6 heteroatoms. The molecule has 0 unspecified atom stereocenters. The number of hydrogen-bond donors (Lipinski definition) is 2. The molecule has 26 heavy (non-hydrogen) atoms. The molecule has 0 spiro atoms. The molecule has 2 N–H and O–H groups in total. The van der Waals surface area contributed by atoms with E-state index >= 15 is 0 Å². The van der Waals surface area contributed by atoms with E-state index in [1.165, 1.54) is 5.56 Å². The Balaban J connectivity index is 1.44. The van der Waals surface area contributed by atoms with Gasteiger partial charge >= 0.3 is 0 Å². The van der Waals surface area contributed by atoms with Crippen LogP contribution in [0.4, 0.5) is 11.4 Å². The van der Waals surface area contributed by atoms with Crippen molar-refractivity contribution in [1.82, 2.24) is 4.90 Å². The summed E-state index contributed by atoms with van der Waals surface area (Å²) in [5.41, 5.74) is 4.39. The first-order valence-corrected chi connectivity index (χ1v) is 9.04. The molecule has 0 bridgehead atoms. The number of nitrogens with zero attached hydrogens (tertiary/aromatic N) is 1. The number of morpholine rings is 1. The van der Waals surface area contributed by atoms with Crippen molar-refractivity contribution in [3.8, 4) is 0 Å². The Hall–Kier alpha value is -2.34. The predicted octanol–water partition coefficient (Wildman–Crippen LogP) is 3.58. The lowest BCUT2D eigenvalue weighted by atomic mass is 10.1. The van der Waals surface area contributed by atoms with Crippen molar-refractivity contribution in [2.75, 3.05) is 36.9 Å². The number of benzene rings is 2. The van der Waals surface area contributed by atoms with E-state index in [-0.39, 0.29) is 5.91 Å². The fourth-order valence-corrected chi connectivity index (χ4v) is 3.36. The highest BCUT2D eigenvalue weighted by Crippen LogP contribution is 2.33. The van der Waals surface area contributed by atoms with Gasteiger partial charge in [-0.15, -0.1) is 0 Å². The number of anilines is 2. The van der Waals surface area contributed by atoms with Crippen molar-refractivity contribution < 1.29 is 9.53 Å². The van der Waals surface area contributed by atoms with Gasteiger partial charge in [0.1, 0.15) is 0 Å². The first-order chi connectivity index (χ1) is 12.7. The van der Waals surface area contributed by atoms with Crippen LogP contribution in [0.3, 0.4) is 0 Å². The Kier molecular flexibility index (Phi) is 4.93. The molecule has 2 aromatic rings. The quantitative estimate of drug-likeness (QED) is 0.809. The zero-order valence-electron chi connectivity index (χ0n) is 14.3. The van der Waals surface area contributed by atoms with Crippen molar-refractivity contribution in [1.29, 1.82) is 0 Å². The molecule has 0 radical (unpaired) electrons. The second-order valence-corrected chi connectivity index (χ2v) is 6.87. The summed E-state index contributed by atoms with van der Waals surface area (Å²) in [7, 11) is 0. The highest BCUT2D eigenvalue weighted by Gasteiger charge is 2.24. The van der Waals surface area contributed by atoms with Crippen molar-refractivity contribution in [2.24, 2.45) is 0 Å². The molecular weight excluding hydrogens is 350 g/mol. The Morgan fingerprint density at radius 3 is 2.69 bits per heavy atom. The minimum Gasteiger partial charge on any atom is -0.379 e. The average Bonchev–Trinajstić information content (AvgIpc) is 2.96. The number of carbonyl (C=O) groups is 1. The van der Waals surface area contributed by atoms with Crippen LogP contribution in [-0.4, -0.2) is 37.1 Å². The normalized spacial score (nSPS) is 18.7. The number of amides is 1. The summed E-state index contributed by atoms with van der Waals surface area (Å²) in [5, 5.41) is 6.66. The van der Waals surface area contributed by atoms with Crippen LogP contribution in [0.25, 0.3) is 5.57 Å². The van der Waals surface area contributed by atoms with E-state index < -0.39 is 0 Å². The van der Waals surface area contributed by atoms with E-state index in [1.54, 1.807) is 18.3 Å². The lowest BCUT2D eigenvalue weighted by Crippen LogP contribution is -2.35. The lowest BCUT2D eigenvalue weighted by molar-refractivity contribution is -0.110. The second-order valence-electron chi connectivity index (χ2n) is 6.43. The molecule has 0 aromatic heterocycles. The van der Waals surface area contributed by atoms with Crippen LogP contribution >= 0.6 is 11.6 Å². The number of fused-ring (bicyclic) bond motifs is 1. The van der Waals surface area contributed by atoms with Gasteiger partial charge < -0.3 is 15.4 Å². The van der Waals surface area contributed by atoms with Gasteiger partial charge in [0.15, 0.2) is 0 Å². The molecule has 0 atom stereocenters. The van der Waals surface area contributed by atoms with Gasteiger partial charge in [-0.3, -0.25) is 9.69 Å². The largest absolute Gasteiger partial charge is 0.379 e. The average molecular weight is 370 g/mol. The molecule has 2 aromatic carbocycles. The summed E-state index contributed by atoms with van der Waals surface area (Å²) in [4.78, 5) is 14.5. The first kappa shape index (κ1) is 17.1. The second kappa shape index (κ2) is 7.50. The highest BCUT2D eigenvalue weighted by molar-refractivity contribution is 6.34. The third kappa shape index (κ3) is 3.75. The number of halogens is 1. The van der Waals surface area contributed by atoms with Crippen LogP contribution in [0.5, 0.6) is 0 Å². The van der Waals surface area contributed by atoms with Crippen LogP contribution in [0, 0.1) is 0 Å². The van der Waals surface area contributed by atoms with E-state index in [9.17, 15) is 4.79 Å². The number of ether oxygens (including phenoxy) is 1. The molecular formula is C20H20ClN3O2. The fraction of sp³-hybridized carbons (Fsp3) is 0.250. The van der Waals surface area contributed by atoms with Crippen LogP contribution in [0.1, 0.15) is 11.1 Å². The third-order valence-electron chi connectivity index (χ3n) is 4.61. The Bertz CT molecular complexity index is 843. The van der Waals surface area contributed by atoms with Crippen molar-refractivity contribution in [2.45, 2.75) is 6.54 Å². The summed E-state index contributed by atoms with van der Waals surface area (Å²) in [6.07, 6.45) is 1.73. The standard InChI is InChI=1S/C20H20ClN3O2/c21-15-3-6-19-17(11-15)18(20(25)23-19)12-22-16-4-1-14(2-5-16)13-24-7-9-26-10-8-24/h1-6,11-12,22H,7-10,13H2,(H,23,25)/b18-12-. The predicted molar refractivity (Wildman–Crippen MR) is 104 cm³/mol. The molecule has 4 rings (SSSR count). The van der Waals surface area contributed by atoms with E-state index in [2.05, 4.69) is 27.7 Å². The maximum atomic E-state index is 12.2. The number of carbonyl (C=O) groups excluding carboxylic acids is 1. The molecule has 2 heterocycles. The van der Waals surface area contributed by atoms with Crippen LogP contribution in [0.15, 0.2) is 48.7 Å². The third-order valence-corrected chi connectivity index (χ3v) is 4.85. The number of rotatable bonds is 4. The Morgan fingerprint density at radius 1 is 1.15 bits per heavy atom. The summed E-state index contributed by atoms with van der Waals surface area (Å²) < 4.78 is 5.38. The van der Waals surface area contributed by atoms with Gasteiger partial charge in [0.25, 0.3) is 5.91 Å². The monoisotopic (exact) mass is 369 g/mol. The minimum atomic E-state index is -0.126. The zero-order valence-corrected chi connectivity index (χ0v) is 15.1. The van der Waals surface area contributed by atoms with Gasteiger partial charge in [-0.25, -0.2) is 0 Å². The summed E-state index contributed by atoms with van der Waals surface area (Å²) in [5.74, 6) is -0.126. The Morgan fingerprint density at radius 2 is 1.92 bits per heavy atom. The van der Waals surface area contributed by atoms with Gasteiger partial charge in [0.2, 0.25) is 0 Å². The first-order valence-electron chi connectivity index (χ1n) is 8.66. The van der Waals surface area contributed by atoms with Gasteiger partial charge in [-0.05, 0) is 35.9 Å². The number of hydrogen-bond acceptors (Lipinski definition) is 4. The molecule has 1 fully saturated rings. The van der Waals surface area contributed by atoms with E-state index in [4.69, 9.17) is 16.3 Å². The summed E-state index contributed by atoms with van der Waals surface area (Å²) in [6, 6.07) is 13.7. The maximum absolute atomic E-state index is 12.2. The van der Waals surface area contributed by atoms with Gasteiger partial charge in [-0.2, -0.15) is 0 Å². The van der Waals surface area contributed by atoms with Crippen LogP contribution in [-0.2, 0) is 16.1 Å². The van der Waals surface area contributed by atoms with Gasteiger partial charge in [0.05, 0.1) is 18.8 Å². The number of nitrogens with one attached hydrogen (secondary N) is 2. The molecule has 5 nitrogen and oxygen atoms in total. The highest BCUT2D eigenvalue weighted by atomic mass is 35.5. The molecule has 2 aliphatic heterocycles. The van der Waals surface area contributed by atoms with E-state index in [0.29, 0.717) is 10.6 Å². The van der Waals surface area contributed by atoms with Gasteiger partial charge in [-0.1, -0.05) is 23.7 Å². The molecule has 2 aliphatic rings. The van der Waals surface area contributed by atoms with E-state index in [1.807, 2.05) is 18.2 Å². The summed E-state index contributed by atoms with van der Waals surface area (Å²) >= 11 is 6.05. The Labute approximate surface area is 157 Å². The maximum Gasteiger partial charge on any atom is 0.257 e. The van der Waals surface area contributed by atoms with Crippen molar-refractivity contribution in [3.05, 3.63) is 64.8 Å². The molecule has 0 saturated carbocycles. The smallest absolute Gasteiger partial charge is 0.257 e.